The number of hydrogen-bond acceptors (Lipinski definition) is 10. The smallest absolute Gasteiger partial charge is 0.282 e. The molecule has 1 amide bonds. The quantitative estimate of drug-likeness (QED) is 0.343. The summed E-state index contributed by atoms with van der Waals surface area (Å²) in [5.41, 5.74) is 0.454. The Hall–Kier alpha value is -2.69. The van der Waals surface area contributed by atoms with Crippen molar-refractivity contribution in [3.8, 4) is 11.6 Å². The van der Waals surface area contributed by atoms with Crippen LogP contribution in [-0.4, -0.2) is 120 Å². The lowest BCUT2D eigenvalue weighted by atomic mass is 9.67. The summed E-state index contributed by atoms with van der Waals surface area (Å²) in [5, 5.41) is 11.6. The van der Waals surface area contributed by atoms with Gasteiger partial charge in [0.2, 0.25) is 0 Å². The highest BCUT2D eigenvalue weighted by molar-refractivity contribution is 7.87. The van der Waals surface area contributed by atoms with Crippen molar-refractivity contribution >= 4 is 34.3 Å². The van der Waals surface area contributed by atoms with Crippen LogP contribution in [0, 0.1) is 17.2 Å². The molecule has 5 aliphatic rings. The summed E-state index contributed by atoms with van der Waals surface area (Å²) in [6.45, 7) is 13.8. The lowest BCUT2D eigenvalue weighted by molar-refractivity contribution is 0.0549. The Bertz CT molecular complexity index is 1660. The zero-order valence-corrected chi connectivity index (χ0v) is 32.5. The van der Waals surface area contributed by atoms with E-state index < -0.39 is 16.0 Å². The number of amides is 1. The van der Waals surface area contributed by atoms with Gasteiger partial charge in [-0.2, -0.15) is 17.4 Å². The van der Waals surface area contributed by atoms with Gasteiger partial charge in [-0.15, -0.1) is 22.6 Å². The first-order chi connectivity index (χ1) is 24.4. The number of halogens is 2. The summed E-state index contributed by atoms with van der Waals surface area (Å²) >= 11 is 0. The summed E-state index contributed by atoms with van der Waals surface area (Å²) in [7, 11) is -3.43. The maximum absolute atomic E-state index is 14.4. The Kier molecular flexibility index (Phi) is 12.0. The summed E-state index contributed by atoms with van der Waals surface area (Å²) in [4.78, 5) is 24.6. The maximum atomic E-state index is 14.4. The third kappa shape index (κ3) is 8.34. The Morgan fingerprint density at radius 2 is 1.81 bits per heavy atom. The van der Waals surface area contributed by atoms with E-state index in [1.165, 1.54) is 24.5 Å². The van der Waals surface area contributed by atoms with Crippen molar-refractivity contribution in [2.45, 2.75) is 109 Å². The van der Waals surface area contributed by atoms with Gasteiger partial charge in [-0.25, -0.2) is 9.37 Å². The molecule has 1 aliphatic carbocycles. The predicted molar refractivity (Wildman–Crippen MR) is 200 cm³/mol. The number of nitrogens with zero attached hydrogens (tertiary/aromatic N) is 7. The normalized spacial score (nSPS) is 25.3. The highest BCUT2D eigenvalue weighted by Crippen LogP contribution is 2.45. The molecule has 7 rings (SSSR count). The zero-order valence-electron chi connectivity index (χ0n) is 30.8. The van der Waals surface area contributed by atoms with E-state index in [9.17, 15) is 17.6 Å². The molecule has 2 bridgehead atoms. The number of piperidine rings is 1. The van der Waals surface area contributed by atoms with E-state index in [-0.39, 0.29) is 59.7 Å². The van der Waals surface area contributed by atoms with Crippen LogP contribution in [0.2, 0.25) is 0 Å². The first-order valence-electron chi connectivity index (χ1n) is 18.9. The maximum Gasteiger partial charge on any atom is 0.282 e. The molecule has 0 unspecified atom stereocenters. The van der Waals surface area contributed by atoms with Crippen LogP contribution in [0.25, 0.3) is 0 Å². The molecule has 5 heterocycles. The molecule has 1 aromatic heterocycles. The number of aromatic nitrogens is 3. The topological polar surface area (TPSA) is 136 Å². The van der Waals surface area contributed by atoms with E-state index in [2.05, 4.69) is 35.0 Å². The Balaban J connectivity index is 0.00000464. The van der Waals surface area contributed by atoms with Crippen LogP contribution in [0.3, 0.4) is 0 Å². The highest BCUT2D eigenvalue weighted by atomic mass is 35.5. The number of hydrogen-bond donors (Lipinski definition) is 2. The van der Waals surface area contributed by atoms with Crippen molar-refractivity contribution < 1.29 is 22.3 Å². The van der Waals surface area contributed by atoms with Gasteiger partial charge in [0.15, 0.2) is 5.82 Å². The minimum atomic E-state index is -3.43. The molecule has 16 heteroatoms. The van der Waals surface area contributed by atoms with Gasteiger partial charge in [-0.1, -0.05) is 0 Å². The van der Waals surface area contributed by atoms with E-state index >= 15 is 0 Å². The lowest BCUT2D eigenvalue weighted by Crippen LogP contribution is -2.53. The number of likely N-dealkylation sites (tertiary alicyclic amines) is 1. The van der Waals surface area contributed by atoms with E-state index in [4.69, 9.17) is 4.74 Å². The second-order valence-corrected chi connectivity index (χ2v) is 17.7. The fourth-order valence-electron chi connectivity index (χ4n) is 9.30. The summed E-state index contributed by atoms with van der Waals surface area (Å²) in [5.74, 6) is 0.616. The predicted octanol–water partition coefficient (Wildman–Crippen LogP) is 4.22. The van der Waals surface area contributed by atoms with Crippen molar-refractivity contribution in [1.29, 1.82) is 0 Å². The van der Waals surface area contributed by atoms with Gasteiger partial charge >= 0.3 is 0 Å². The van der Waals surface area contributed by atoms with Gasteiger partial charge < -0.3 is 24.8 Å². The summed E-state index contributed by atoms with van der Waals surface area (Å²) < 4.78 is 51.6. The second kappa shape index (κ2) is 16.0. The zero-order chi connectivity index (χ0) is 35.9. The number of anilines is 1. The van der Waals surface area contributed by atoms with E-state index in [0.717, 1.165) is 90.6 Å². The van der Waals surface area contributed by atoms with E-state index in [1.807, 2.05) is 27.7 Å². The molecule has 1 aromatic carbocycles. The molecule has 1 spiro atoms. The van der Waals surface area contributed by atoms with Gasteiger partial charge in [-0.3, -0.25) is 4.79 Å². The average molecular weight is 764 g/mol. The van der Waals surface area contributed by atoms with Crippen LogP contribution in [0.5, 0.6) is 11.6 Å². The van der Waals surface area contributed by atoms with Gasteiger partial charge in [0.05, 0.1) is 5.56 Å². The van der Waals surface area contributed by atoms with Gasteiger partial charge in [0.25, 0.3) is 22.0 Å². The van der Waals surface area contributed by atoms with Crippen LogP contribution in [0.4, 0.5) is 10.2 Å². The van der Waals surface area contributed by atoms with Crippen molar-refractivity contribution in [3.05, 3.63) is 35.9 Å². The molecule has 13 nitrogen and oxygen atoms in total. The summed E-state index contributed by atoms with van der Waals surface area (Å²) in [6, 6.07) is 4.25. The number of ether oxygens (including phenoxy) is 1. The average Bonchev–Trinajstić information content (AvgIpc) is 3.86. The van der Waals surface area contributed by atoms with Gasteiger partial charge in [-0.05, 0) is 122 Å². The molecule has 4 saturated heterocycles. The standard InChI is InChI=1S/C36H54FN9O4S.ClH/c1-24(2)46(25(3)4)35(47)31-17-27(37)5-6-32(31)50-34-33(39-23-40-41-34)44-14-9-26(21-44)20-43-15-12-36(13-16-43)10-7-28(8-11-36)42-51(48,49)45-22-29-18-30(45)19-38-29;/h5-6,17,23-26,28-30,38,42H,7-16,18-22H2,1-4H3;1H/t26-,29-,30-;/m0./s1. The van der Waals surface area contributed by atoms with Crippen molar-refractivity contribution in [2.24, 2.45) is 11.3 Å². The number of benzene rings is 1. The first kappa shape index (κ1) is 39.0. The molecular weight excluding hydrogens is 709 g/mol. The number of piperazine rings is 1. The second-order valence-electron chi connectivity index (χ2n) is 16.1. The number of fused-ring (bicyclic) bond motifs is 2. The highest BCUT2D eigenvalue weighted by Gasteiger charge is 2.45. The number of carbonyl (C=O) groups is 1. The fourth-order valence-corrected chi connectivity index (χ4v) is 11.0. The Morgan fingerprint density at radius 1 is 1.08 bits per heavy atom. The van der Waals surface area contributed by atoms with Crippen molar-refractivity contribution in [3.63, 3.8) is 0 Å². The molecule has 0 radical (unpaired) electrons. The lowest BCUT2D eigenvalue weighted by Gasteiger charge is -2.46. The van der Waals surface area contributed by atoms with Crippen LogP contribution < -0.4 is 19.7 Å². The Morgan fingerprint density at radius 3 is 2.46 bits per heavy atom. The number of rotatable bonds is 11. The molecule has 52 heavy (non-hydrogen) atoms. The molecular formula is C36H55ClFN9O4S. The molecule has 288 valence electrons. The van der Waals surface area contributed by atoms with Crippen molar-refractivity contribution in [1.82, 2.24) is 39.3 Å². The third-order valence-electron chi connectivity index (χ3n) is 12.0. The molecule has 4 aliphatic heterocycles. The Labute approximate surface area is 314 Å². The number of nitrogens with one attached hydrogen (secondary N) is 2. The SMILES string of the molecule is CC(C)N(C(=O)c1cc(F)ccc1Oc1nncnc1N1CC[C@@H](CN2CCC3(CCC(NS(=O)(=O)N4C[C@@H]5C[C@H]4CN5)CC3)CC2)C1)C(C)C.Cl. The summed E-state index contributed by atoms with van der Waals surface area (Å²) in [6.07, 6.45) is 9.64. The van der Waals surface area contributed by atoms with Crippen LogP contribution in [0.15, 0.2) is 24.5 Å². The third-order valence-corrected chi connectivity index (χ3v) is 13.7. The van der Waals surface area contributed by atoms with Crippen LogP contribution >= 0.6 is 12.4 Å². The van der Waals surface area contributed by atoms with Gasteiger partial charge in [0, 0.05) is 62.9 Å². The first-order valence-corrected chi connectivity index (χ1v) is 20.3. The minimum Gasteiger partial charge on any atom is -0.434 e. The molecule has 2 aromatic rings. The van der Waals surface area contributed by atoms with Crippen LogP contribution in [0.1, 0.15) is 89.4 Å². The van der Waals surface area contributed by atoms with Gasteiger partial charge in [0.1, 0.15) is 17.9 Å². The fraction of sp³-hybridized carbons (Fsp3) is 0.722. The monoisotopic (exact) mass is 763 g/mol. The molecule has 1 saturated carbocycles. The van der Waals surface area contributed by atoms with E-state index in [1.54, 1.807) is 9.21 Å². The number of carbonyl (C=O) groups excluding carboxylic acids is 1. The molecule has 2 N–H and O–H groups in total. The van der Waals surface area contributed by atoms with E-state index in [0.29, 0.717) is 29.7 Å². The van der Waals surface area contributed by atoms with Crippen molar-refractivity contribution in [2.75, 3.05) is 50.7 Å². The molecule has 3 atom stereocenters. The molecule has 5 fully saturated rings. The van der Waals surface area contributed by atoms with Crippen LogP contribution in [-0.2, 0) is 10.2 Å². The largest absolute Gasteiger partial charge is 0.434 e. The minimum absolute atomic E-state index is 0.